The Morgan fingerprint density at radius 3 is 2.00 bits per heavy atom. The van der Waals surface area contributed by atoms with Gasteiger partial charge in [0.05, 0.1) is 37.5 Å². The summed E-state index contributed by atoms with van der Waals surface area (Å²) in [4.78, 5) is 48.2. The number of carbonyl (C=O) groups is 2. The number of rotatable bonds is 1. The highest BCUT2D eigenvalue weighted by molar-refractivity contribution is 7.92. The number of hydrogen-bond donors (Lipinski definition) is 0. The number of anilines is 1. The molecule has 0 fully saturated rings. The molecular weight excluding hydrogens is 586 g/mol. The first kappa shape index (κ1) is 23.5. The standard InChI is InChI=1S/C36H15N3O5S/c40-34-20-13-11-18-17-10-12-19-27-21(36(42)39-24-9-5-4-8-23(24)37-33(19)39)14-25-31(29(17)27)32-26(45(25,43)44)15-22(28(20)30(18)32)35(41)38(34)16-6-2-1-3-7-16/h1-15H. The lowest BCUT2D eigenvalue weighted by Gasteiger charge is -2.28. The summed E-state index contributed by atoms with van der Waals surface area (Å²) in [6, 6.07) is 26.3. The van der Waals surface area contributed by atoms with E-state index in [1.807, 2.05) is 42.5 Å². The molecule has 2 amide bonds. The number of imide groups is 1. The van der Waals surface area contributed by atoms with Gasteiger partial charge in [-0.25, -0.2) is 18.3 Å². The van der Waals surface area contributed by atoms with Crippen molar-refractivity contribution in [2.75, 3.05) is 4.90 Å². The minimum Gasteiger partial charge on any atom is -0.268 e. The summed E-state index contributed by atoms with van der Waals surface area (Å²) in [6.07, 6.45) is 0. The van der Waals surface area contributed by atoms with Gasteiger partial charge in [0.1, 0.15) is 5.65 Å². The number of amides is 2. The molecule has 11 rings (SSSR count). The van der Waals surface area contributed by atoms with E-state index in [0.29, 0.717) is 65.6 Å². The van der Waals surface area contributed by atoms with Crippen molar-refractivity contribution in [1.82, 2.24) is 9.38 Å². The minimum atomic E-state index is -4.15. The Labute approximate surface area is 251 Å². The van der Waals surface area contributed by atoms with Crippen LogP contribution in [0.5, 0.6) is 0 Å². The van der Waals surface area contributed by atoms with Crippen LogP contribution in [0.1, 0.15) is 20.7 Å². The fraction of sp³-hybridized carbons (Fsp3) is 0. The van der Waals surface area contributed by atoms with Crippen molar-refractivity contribution in [1.29, 1.82) is 0 Å². The number of hydrogen-bond acceptors (Lipinski definition) is 6. The molecule has 0 bridgehead atoms. The van der Waals surface area contributed by atoms with E-state index in [1.165, 1.54) is 12.1 Å². The van der Waals surface area contributed by atoms with E-state index >= 15 is 0 Å². The van der Waals surface area contributed by atoms with Gasteiger partial charge in [-0.3, -0.25) is 18.8 Å². The number of imidazole rings is 1. The van der Waals surface area contributed by atoms with Crippen LogP contribution in [0, 0.1) is 0 Å². The van der Waals surface area contributed by atoms with Gasteiger partial charge in [0.25, 0.3) is 17.4 Å². The summed E-state index contributed by atoms with van der Waals surface area (Å²) in [5.74, 6) is -1.05. The van der Waals surface area contributed by atoms with Crippen molar-refractivity contribution < 1.29 is 18.0 Å². The lowest BCUT2D eigenvalue weighted by atomic mass is 9.83. The van der Waals surface area contributed by atoms with Crippen LogP contribution in [0.2, 0.25) is 0 Å². The first-order valence-electron chi connectivity index (χ1n) is 14.4. The molecule has 45 heavy (non-hydrogen) atoms. The number of fused-ring (bicyclic) bond motifs is 5. The molecule has 0 atom stereocenters. The van der Waals surface area contributed by atoms with Gasteiger partial charge in [0.15, 0.2) is 0 Å². The molecule has 0 unspecified atom stereocenters. The molecule has 9 aromatic rings. The normalized spacial score (nSPS) is 15.6. The number of para-hydroxylation sites is 3. The molecule has 2 aliphatic heterocycles. The smallest absolute Gasteiger partial charge is 0.266 e. The molecule has 9 heteroatoms. The zero-order chi connectivity index (χ0) is 30.1. The van der Waals surface area contributed by atoms with Crippen LogP contribution in [-0.4, -0.2) is 29.6 Å². The highest BCUT2D eigenvalue weighted by Gasteiger charge is 2.41. The van der Waals surface area contributed by atoms with Gasteiger partial charge in [-0.05, 0) is 59.3 Å². The van der Waals surface area contributed by atoms with Gasteiger partial charge >= 0.3 is 0 Å². The maximum absolute atomic E-state index is 14.4. The zero-order valence-electron chi connectivity index (χ0n) is 23.0. The third-order valence-electron chi connectivity index (χ3n) is 9.73. The van der Waals surface area contributed by atoms with E-state index in [9.17, 15) is 22.8 Å². The summed E-state index contributed by atoms with van der Waals surface area (Å²) in [5, 5.41) is 5.83. The summed E-state index contributed by atoms with van der Waals surface area (Å²) >= 11 is 0. The summed E-state index contributed by atoms with van der Waals surface area (Å²) in [5.41, 5.74) is 2.37. The van der Waals surface area contributed by atoms with E-state index < -0.39 is 21.7 Å². The van der Waals surface area contributed by atoms with Crippen LogP contribution in [0.15, 0.2) is 106 Å². The van der Waals surface area contributed by atoms with Crippen LogP contribution in [-0.2, 0) is 9.84 Å². The summed E-state index contributed by atoms with van der Waals surface area (Å²) in [6.45, 7) is 0. The van der Waals surface area contributed by atoms with Gasteiger partial charge in [-0.1, -0.05) is 42.5 Å². The second-order valence-electron chi connectivity index (χ2n) is 11.8. The zero-order valence-corrected chi connectivity index (χ0v) is 23.8. The molecule has 0 saturated heterocycles. The highest BCUT2D eigenvalue weighted by Crippen LogP contribution is 2.54. The van der Waals surface area contributed by atoms with Crippen molar-refractivity contribution in [3.05, 3.63) is 112 Å². The fourth-order valence-electron chi connectivity index (χ4n) is 7.95. The van der Waals surface area contributed by atoms with Gasteiger partial charge in [-0.15, -0.1) is 0 Å². The molecule has 0 N–H and O–H groups in total. The van der Waals surface area contributed by atoms with E-state index in [4.69, 9.17) is 4.98 Å². The quantitative estimate of drug-likeness (QED) is 0.122. The van der Waals surface area contributed by atoms with Crippen LogP contribution in [0.4, 0.5) is 5.69 Å². The third kappa shape index (κ3) is 2.42. The molecule has 0 spiro atoms. The van der Waals surface area contributed by atoms with Gasteiger partial charge in [0, 0.05) is 43.3 Å². The number of aromatic nitrogens is 2. The van der Waals surface area contributed by atoms with Crippen LogP contribution in [0.25, 0.3) is 70.5 Å². The Hall–Kier alpha value is -5.93. The topological polar surface area (TPSA) is 106 Å². The molecule has 2 aliphatic rings. The molecule has 210 valence electrons. The first-order chi connectivity index (χ1) is 21.9. The van der Waals surface area contributed by atoms with Crippen molar-refractivity contribution >= 4 is 97.9 Å². The molecular formula is C36H15N3O5S. The van der Waals surface area contributed by atoms with E-state index in [1.54, 1.807) is 40.8 Å². The third-order valence-corrected chi connectivity index (χ3v) is 11.5. The van der Waals surface area contributed by atoms with Gasteiger partial charge < -0.3 is 0 Å². The van der Waals surface area contributed by atoms with Crippen molar-refractivity contribution in [2.24, 2.45) is 0 Å². The number of nitrogens with zero attached hydrogens (tertiary/aromatic N) is 3. The molecule has 8 nitrogen and oxygen atoms in total. The number of carbonyl (C=O) groups excluding carboxylic acids is 2. The molecule has 4 heterocycles. The van der Waals surface area contributed by atoms with E-state index in [2.05, 4.69) is 0 Å². The summed E-state index contributed by atoms with van der Waals surface area (Å²) in [7, 11) is -4.15. The molecule has 0 radical (unpaired) electrons. The SMILES string of the molecule is O=C1c2ccc3c4ccc5c6c(cc7c(c8c(cc(c2c38)C(=O)N1c1ccccc1)S7(=O)=O)c46)c(=O)n1c2ccccc2nc51. The van der Waals surface area contributed by atoms with E-state index in [-0.39, 0.29) is 26.3 Å². The highest BCUT2D eigenvalue weighted by atomic mass is 32.2. The van der Waals surface area contributed by atoms with Crippen molar-refractivity contribution in [2.45, 2.75) is 9.79 Å². The van der Waals surface area contributed by atoms with Gasteiger partial charge in [0.2, 0.25) is 9.84 Å². The maximum atomic E-state index is 14.4. The predicted octanol–water partition coefficient (Wildman–Crippen LogP) is 6.44. The molecule has 0 saturated carbocycles. The Bertz CT molecular complexity index is 3110. The predicted molar refractivity (Wildman–Crippen MR) is 172 cm³/mol. The lowest BCUT2D eigenvalue weighted by molar-refractivity contribution is 0.0893. The number of benzene rings is 7. The Morgan fingerprint density at radius 2 is 1.20 bits per heavy atom. The first-order valence-corrected chi connectivity index (χ1v) is 15.8. The average Bonchev–Trinajstić information content (AvgIpc) is 3.55. The van der Waals surface area contributed by atoms with Crippen LogP contribution < -0.4 is 10.5 Å². The molecule has 0 aliphatic carbocycles. The second kappa shape index (κ2) is 7.23. The lowest BCUT2D eigenvalue weighted by Crippen LogP contribution is -2.40. The number of pyridine rings is 1. The fourth-order valence-corrected chi connectivity index (χ4v) is 9.68. The molecule has 2 aromatic heterocycles. The average molecular weight is 602 g/mol. The molecule has 7 aromatic carbocycles. The van der Waals surface area contributed by atoms with Crippen molar-refractivity contribution in [3.8, 4) is 0 Å². The van der Waals surface area contributed by atoms with Gasteiger partial charge in [-0.2, -0.15) is 0 Å². The summed E-state index contributed by atoms with van der Waals surface area (Å²) < 4.78 is 30.4. The monoisotopic (exact) mass is 601 g/mol. The maximum Gasteiger partial charge on any atom is 0.266 e. The van der Waals surface area contributed by atoms with Crippen LogP contribution >= 0.6 is 0 Å². The van der Waals surface area contributed by atoms with E-state index in [0.717, 1.165) is 15.7 Å². The Balaban J connectivity index is 1.38. The largest absolute Gasteiger partial charge is 0.268 e. The second-order valence-corrected chi connectivity index (χ2v) is 13.7. The Kier molecular flexibility index (Phi) is 3.78. The number of sulfone groups is 1. The Morgan fingerprint density at radius 1 is 0.556 bits per heavy atom. The van der Waals surface area contributed by atoms with Crippen molar-refractivity contribution in [3.63, 3.8) is 0 Å². The van der Waals surface area contributed by atoms with Crippen LogP contribution in [0.3, 0.4) is 0 Å². The minimum absolute atomic E-state index is 0.0125.